The predicted molar refractivity (Wildman–Crippen MR) is 80.1 cm³/mol. The number of ether oxygens (including phenoxy) is 1. The number of carbonyl (C=O) groups is 1. The fraction of sp³-hybridized carbons (Fsp3) is 0.250. The predicted octanol–water partition coefficient (Wildman–Crippen LogP) is 2.29. The summed E-state index contributed by atoms with van der Waals surface area (Å²) >= 11 is 0. The van der Waals surface area contributed by atoms with Crippen LogP contribution in [-0.2, 0) is 11.4 Å². The molecule has 5 heteroatoms. The highest BCUT2D eigenvalue weighted by molar-refractivity contribution is 5.93. The van der Waals surface area contributed by atoms with E-state index in [0.29, 0.717) is 11.6 Å². The Labute approximate surface area is 123 Å². The van der Waals surface area contributed by atoms with E-state index in [1.54, 1.807) is 43.5 Å². The Morgan fingerprint density at radius 2 is 2.19 bits per heavy atom. The van der Waals surface area contributed by atoms with Gasteiger partial charge in [-0.05, 0) is 43.2 Å². The number of pyridine rings is 1. The number of rotatable bonds is 5. The third-order valence-corrected chi connectivity index (χ3v) is 2.93. The minimum atomic E-state index is -0.665. The van der Waals surface area contributed by atoms with Gasteiger partial charge in [0.1, 0.15) is 11.6 Å². The Morgan fingerprint density at radius 3 is 2.86 bits per heavy atom. The van der Waals surface area contributed by atoms with Crippen molar-refractivity contribution in [3.05, 3.63) is 53.7 Å². The third kappa shape index (κ3) is 4.29. The summed E-state index contributed by atoms with van der Waals surface area (Å²) in [6, 6.07) is 10.6. The Bertz CT molecular complexity index is 611. The first-order valence-electron chi connectivity index (χ1n) is 6.68. The van der Waals surface area contributed by atoms with Crippen molar-refractivity contribution in [3.8, 4) is 5.75 Å². The molecule has 1 atom stereocenters. The molecule has 21 heavy (non-hydrogen) atoms. The molecule has 0 spiro atoms. The van der Waals surface area contributed by atoms with Crippen molar-refractivity contribution in [3.63, 3.8) is 0 Å². The maximum Gasteiger partial charge on any atom is 0.266 e. The van der Waals surface area contributed by atoms with Crippen LogP contribution in [-0.4, -0.2) is 22.1 Å². The zero-order valence-corrected chi connectivity index (χ0v) is 12.0. The van der Waals surface area contributed by atoms with Crippen molar-refractivity contribution in [2.75, 3.05) is 5.32 Å². The first-order valence-corrected chi connectivity index (χ1v) is 6.68. The van der Waals surface area contributed by atoms with Gasteiger partial charge in [-0.3, -0.25) is 4.79 Å². The Kier molecular flexibility index (Phi) is 4.90. The van der Waals surface area contributed by atoms with Gasteiger partial charge in [-0.25, -0.2) is 4.98 Å². The summed E-state index contributed by atoms with van der Waals surface area (Å²) in [5.74, 6) is 0.756. The van der Waals surface area contributed by atoms with Crippen LogP contribution in [0.2, 0.25) is 0 Å². The second kappa shape index (κ2) is 6.85. The lowest BCUT2D eigenvalue weighted by molar-refractivity contribution is -0.122. The van der Waals surface area contributed by atoms with Crippen LogP contribution in [0.15, 0.2) is 42.6 Å². The first kappa shape index (κ1) is 15.0. The molecule has 1 unspecified atom stereocenters. The molecule has 2 N–H and O–H groups in total. The van der Waals surface area contributed by atoms with Crippen LogP contribution >= 0.6 is 0 Å². The zero-order valence-electron chi connectivity index (χ0n) is 12.0. The number of anilines is 1. The lowest BCUT2D eigenvalue weighted by Gasteiger charge is -2.15. The highest BCUT2D eigenvalue weighted by Crippen LogP contribution is 2.15. The summed E-state index contributed by atoms with van der Waals surface area (Å²) in [6.07, 6.45) is 1.02. The molecule has 1 aromatic carbocycles. The van der Waals surface area contributed by atoms with E-state index in [0.717, 1.165) is 11.1 Å². The number of aromatic nitrogens is 1. The topological polar surface area (TPSA) is 71.5 Å². The van der Waals surface area contributed by atoms with Gasteiger partial charge in [0.05, 0.1) is 6.61 Å². The molecule has 0 radical (unpaired) electrons. The number of benzene rings is 1. The first-order chi connectivity index (χ1) is 10.1. The average Bonchev–Trinajstić information content (AvgIpc) is 2.49. The van der Waals surface area contributed by atoms with Crippen LogP contribution in [0.3, 0.4) is 0 Å². The van der Waals surface area contributed by atoms with Crippen LogP contribution in [0, 0.1) is 6.92 Å². The molecule has 0 aliphatic heterocycles. The zero-order chi connectivity index (χ0) is 15.2. The van der Waals surface area contributed by atoms with Crippen molar-refractivity contribution in [2.24, 2.45) is 0 Å². The highest BCUT2D eigenvalue weighted by atomic mass is 16.5. The Morgan fingerprint density at radius 1 is 1.38 bits per heavy atom. The third-order valence-electron chi connectivity index (χ3n) is 2.93. The van der Waals surface area contributed by atoms with Gasteiger partial charge in [0.25, 0.3) is 5.91 Å². The van der Waals surface area contributed by atoms with Gasteiger partial charge in [0.2, 0.25) is 0 Å². The smallest absolute Gasteiger partial charge is 0.266 e. The molecule has 0 saturated carbocycles. The SMILES string of the molecule is Cc1ccc(NC(=O)C(C)Oc2cccc(CO)c2)nc1. The molecule has 2 rings (SSSR count). The van der Waals surface area contributed by atoms with Crippen LogP contribution in [0.1, 0.15) is 18.1 Å². The lowest BCUT2D eigenvalue weighted by atomic mass is 10.2. The van der Waals surface area contributed by atoms with E-state index in [2.05, 4.69) is 10.3 Å². The van der Waals surface area contributed by atoms with Crippen LogP contribution < -0.4 is 10.1 Å². The minimum Gasteiger partial charge on any atom is -0.481 e. The number of aryl methyl sites for hydroxylation is 1. The molecular weight excluding hydrogens is 268 g/mol. The quantitative estimate of drug-likeness (QED) is 0.884. The fourth-order valence-electron chi connectivity index (χ4n) is 1.74. The summed E-state index contributed by atoms with van der Waals surface area (Å²) in [7, 11) is 0. The maximum atomic E-state index is 12.0. The summed E-state index contributed by atoms with van der Waals surface area (Å²) in [6.45, 7) is 3.53. The van der Waals surface area contributed by atoms with E-state index in [-0.39, 0.29) is 12.5 Å². The van der Waals surface area contributed by atoms with Gasteiger partial charge in [-0.1, -0.05) is 18.2 Å². The number of aliphatic hydroxyl groups excluding tert-OH is 1. The van der Waals surface area contributed by atoms with E-state index < -0.39 is 6.10 Å². The molecule has 0 aliphatic rings. The van der Waals surface area contributed by atoms with Gasteiger partial charge in [0, 0.05) is 6.20 Å². The molecule has 1 aromatic heterocycles. The second-order valence-corrected chi connectivity index (χ2v) is 4.78. The van der Waals surface area contributed by atoms with E-state index in [1.165, 1.54) is 0 Å². The van der Waals surface area contributed by atoms with Gasteiger partial charge in [-0.15, -0.1) is 0 Å². The molecule has 0 fully saturated rings. The van der Waals surface area contributed by atoms with Crippen LogP contribution in [0.4, 0.5) is 5.82 Å². The summed E-state index contributed by atoms with van der Waals surface area (Å²) in [4.78, 5) is 16.1. The summed E-state index contributed by atoms with van der Waals surface area (Å²) in [5.41, 5.74) is 1.76. The fourth-order valence-corrected chi connectivity index (χ4v) is 1.74. The van der Waals surface area contributed by atoms with Gasteiger partial charge >= 0.3 is 0 Å². The highest BCUT2D eigenvalue weighted by Gasteiger charge is 2.15. The molecule has 0 bridgehead atoms. The molecule has 1 amide bonds. The molecule has 0 aliphatic carbocycles. The standard InChI is InChI=1S/C16H18N2O3/c1-11-6-7-15(17-9-11)18-16(20)12(2)21-14-5-3-4-13(8-14)10-19/h3-9,12,19H,10H2,1-2H3,(H,17,18,20). The number of carbonyl (C=O) groups excluding carboxylic acids is 1. The summed E-state index contributed by atoms with van der Waals surface area (Å²) in [5, 5.41) is 11.8. The largest absolute Gasteiger partial charge is 0.481 e. The maximum absolute atomic E-state index is 12.0. The number of nitrogens with one attached hydrogen (secondary N) is 1. The van der Waals surface area contributed by atoms with Crippen LogP contribution in [0.25, 0.3) is 0 Å². The normalized spacial score (nSPS) is 11.8. The Hall–Kier alpha value is -2.40. The van der Waals surface area contributed by atoms with E-state index in [9.17, 15) is 4.79 Å². The molecular formula is C16H18N2O3. The van der Waals surface area contributed by atoms with Crippen molar-refractivity contribution in [1.29, 1.82) is 0 Å². The molecule has 0 saturated heterocycles. The molecule has 5 nitrogen and oxygen atoms in total. The van der Waals surface area contributed by atoms with Crippen LogP contribution in [0.5, 0.6) is 5.75 Å². The van der Waals surface area contributed by atoms with E-state index in [1.807, 2.05) is 13.0 Å². The van der Waals surface area contributed by atoms with E-state index >= 15 is 0 Å². The molecule has 1 heterocycles. The van der Waals surface area contributed by atoms with Crippen molar-refractivity contribution < 1.29 is 14.6 Å². The molecule has 2 aromatic rings. The lowest BCUT2D eigenvalue weighted by Crippen LogP contribution is -2.30. The number of amides is 1. The molecule has 110 valence electrons. The van der Waals surface area contributed by atoms with Crippen molar-refractivity contribution in [1.82, 2.24) is 4.98 Å². The van der Waals surface area contributed by atoms with Gasteiger partial charge < -0.3 is 15.2 Å². The number of nitrogens with zero attached hydrogens (tertiary/aromatic N) is 1. The van der Waals surface area contributed by atoms with Crippen molar-refractivity contribution >= 4 is 11.7 Å². The minimum absolute atomic E-state index is 0.0644. The van der Waals surface area contributed by atoms with Gasteiger partial charge in [0.15, 0.2) is 6.10 Å². The Balaban J connectivity index is 1.97. The number of aliphatic hydroxyl groups is 1. The van der Waals surface area contributed by atoms with Gasteiger partial charge in [-0.2, -0.15) is 0 Å². The number of hydrogen-bond donors (Lipinski definition) is 2. The second-order valence-electron chi connectivity index (χ2n) is 4.78. The number of hydrogen-bond acceptors (Lipinski definition) is 4. The monoisotopic (exact) mass is 286 g/mol. The summed E-state index contributed by atoms with van der Waals surface area (Å²) < 4.78 is 5.56. The van der Waals surface area contributed by atoms with E-state index in [4.69, 9.17) is 9.84 Å². The average molecular weight is 286 g/mol. The van der Waals surface area contributed by atoms with Crippen molar-refractivity contribution in [2.45, 2.75) is 26.6 Å².